The minimum atomic E-state index is -3.33. The predicted molar refractivity (Wildman–Crippen MR) is 105 cm³/mol. The summed E-state index contributed by atoms with van der Waals surface area (Å²) in [5, 5.41) is 3.94. The molecule has 0 unspecified atom stereocenters. The van der Waals surface area contributed by atoms with Gasteiger partial charge in [-0.15, -0.1) is 0 Å². The largest absolute Gasteiger partial charge is 0.495 e. The fourth-order valence-electron chi connectivity index (χ4n) is 2.93. The van der Waals surface area contributed by atoms with E-state index in [0.717, 1.165) is 37.1 Å². The Morgan fingerprint density at radius 3 is 2.22 bits per heavy atom. The Morgan fingerprint density at radius 1 is 1.04 bits per heavy atom. The quantitative estimate of drug-likeness (QED) is 0.699. The summed E-state index contributed by atoms with van der Waals surface area (Å²) >= 11 is 0. The lowest BCUT2D eigenvalue weighted by atomic mass is 10.2. The van der Waals surface area contributed by atoms with Crippen LogP contribution in [0.5, 0.6) is 5.75 Å². The Labute approximate surface area is 158 Å². The average Bonchev–Trinajstić information content (AvgIpc) is 2.69. The molecule has 27 heavy (non-hydrogen) atoms. The molecule has 0 radical (unpaired) electrons. The molecule has 0 saturated carbocycles. The number of rotatable bonds is 4. The number of ether oxygens (including phenoxy) is 1. The van der Waals surface area contributed by atoms with Crippen LogP contribution in [0.25, 0.3) is 10.9 Å². The Morgan fingerprint density at radius 2 is 1.70 bits per heavy atom. The average molecular weight is 389 g/mol. The van der Waals surface area contributed by atoms with Crippen molar-refractivity contribution in [3.63, 3.8) is 0 Å². The van der Waals surface area contributed by atoms with E-state index in [1.807, 2.05) is 29.2 Å². The van der Waals surface area contributed by atoms with E-state index in [1.54, 1.807) is 24.3 Å². The first-order valence-corrected chi connectivity index (χ1v) is 10.3. The molecular weight excluding hydrogens is 366 g/mol. The van der Waals surface area contributed by atoms with Crippen LogP contribution >= 0.6 is 0 Å². The second-order valence-corrected chi connectivity index (χ2v) is 8.22. The number of aromatic amines is 1. The third-order valence-electron chi connectivity index (χ3n) is 4.37. The number of nitrogens with zero attached hydrogens (tertiary/aromatic N) is 1. The van der Waals surface area contributed by atoms with E-state index in [4.69, 9.17) is 4.74 Å². The van der Waals surface area contributed by atoms with Gasteiger partial charge in [0.25, 0.3) is 5.56 Å². The molecule has 1 aliphatic heterocycles. The molecule has 2 N–H and O–H groups in total. The second kappa shape index (κ2) is 8.51. The SMILES string of the molecule is COc1ccccc1S(=O)(=O)CN1CCNCC1.O=c1[nH]c2ccc1cc2. The highest BCUT2D eigenvalue weighted by Gasteiger charge is 2.23. The van der Waals surface area contributed by atoms with Gasteiger partial charge in [0, 0.05) is 37.1 Å². The number of benzene rings is 2. The summed E-state index contributed by atoms with van der Waals surface area (Å²) in [4.78, 5) is 15.7. The molecule has 0 amide bonds. The van der Waals surface area contributed by atoms with Gasteiger partial charge in [0.05, 0.1) is 7.11 Å². The van der Waals surface area contributed by atoms with Crippen molar-refractivity contribution in [3.05, 3.63) is 58.9 Å². The number of para-hydroxylation sites is 1. The first kappa shape index (κ1) is 19.3. The summed E-state index contributed by atoms with van der Waals surface area (Å²) in [6.45, 7) is 3.19. The fraction of sp³-hybridized carbons (Fsp3) is 0.316. The van der Waals surface area contributed by atoms with E-state index in [1.165, 1.54) is 7.11 Å². The molecule has 1 saturated heterocycles. The maximum absolute atomic E-state index is 12.3. The van der Waals surface area contributed by atoms with Crippen molar-refractivity contribution in [3.8, 4) is 5.75 Å². The molecule has 2 bridgehead atoms. The first-order chi connectivity index (χ1) is 13.0. The minimum Gasteiger partial charge on any atom is -0.495 e. The lowest BCUT2D eigenvalue weighted by Crippen LogP contribution is -2.45. The van der Waals surface area contributed by atoms with Crippen molar-refractivity contribution >= 4 is 20.7 Å². The van der Waals surface area contributed by atoms with Gasteiger partial charge in [0.1, 0.15) is 16.5 Å². The van der Waals surface area contributed by atoms with E-state index in [0.29, 0.717) is 5.75 Å². The normalized spacial score (nSPS) is 15.3. The van der Waals surface area contributed by atoms with Gasteiger partial charge < -0.3 is 15.0 Å². The van der Waals surface area contributed by atoms with Crippen LogP contribution < -0.4 is 15.6 Å². The summed E-state index contributed by atoms with van der Waals surface area (Å²) in [6, 6.07) is 14.1. The number of piperazine rings is 1. The number of aromatic nitrogens is 1. The zero-order valence-electron chi connectivity index (χ0n) is 15.1. The summed E-state index contributed by atoms with van der Waals surface area (Å²) in [5.41, 5.74) is 0.894. The molecule has 4 aromatic rings. The van der Waals surface area contributed by atoms with Gasteiger partial charge in [0.15, 0.2) is 9.84 Å². The van der Waals surface area contributed by atoms with Crippen LogP contribution in [0.3, 0.4) is 0 Å². The number of pyridine rings is 2. The van der Waals surface area contributed by atoms with Crippen LogP contribution in [-0.2, 0) is 9.84 Å². The van der Waals surface area contributed by atoms with Crippen molar-refractivity contribution in [2.75, 3.05) is 39.2 Å². The molecule has 7 nitrogen and oxygen atoms in total. The molecule has 2 aromatic carbocycles. The zero-order valence-corrected chi connectivity index (χ0v) is 16.0. The van der Waals surface area contributed by atoms with Gasteiger partial charge >= 0.3 is 0 Å². The topological polar surface area (TPSA) is 91.5 Å². The van der Waals surface area contributed by atoms with Gasteiger partial charge in [-0.1, -0.05) is 12.1 Å². The molecule has 8 heteroatoms. The Bertz CT molecular complexity index is 1010. The number of nitrogens with one attached hydrogen (secondary N) is 2. The number of fused-ring (bicyclic) bond motifs is 3. The molecule has 1 fully saturated rings. The lowest BCUT2D eigenvalue weighted by Gasteiger charge is -2.26. The number of methoxy groups -OCH3 is 1. The molecule has 0 spiro atoms. The van der Waals surface area contributed by atoms with Crippen LogP contribution in [0.4, 0.5) is 0 Å². The molecule has 0 atom stereocenters. The van der Waals surface area contributed by atoms with E-state index < -0.39 is 9.84 Å². The third kappa shape index (κ3) is 4.85. The van der Waals surface area contributed by atoms with Crippen molar-refractivity contribution < 1.29 is 13.2 Å². The van der Waals surface area contributed by atoms with E-state index in [9.17, 15) is 13.2 Å². The van der Waals surface area contributed by atoms with Crippen LogP contribution in [-0.4, -0.2) is 57.5 Å². The standard InChI is InChI=1S/C12H18N2O3S.C7H5NO/c1-17-11-4-2-3-5-12(11)18(15,16)10-14-8-6-13-7-9-14;9-7-5-1-3-6(8-7)4-2-5/h2-5,13H,6-10H2,1H3;1-4H,(H,8,9). The molecule has 1 aliphatic rings. The van der Waals surface area contributed by atoms with E-state index in [2.05, 4.69) is 10.3 Å². The third-order valence-corrected chi connectivity index (χ3v) is 6.08. The first-order valence-electron chi connectivity index (χ1n) is 8.70. The molecule has 3 heterocycles. The van der Waals surface area contributed by atoms with Crippen molar-refractivity contribution in [2.24, 2.45) is 0 Å². The number of H-pyrrole nitrogens is 1. The highest BCUT2D eigenvalue weighted by molar-refractivity contribution is 7.91. The molecule has 2 aromatic heterocycles. The van der Waals surface area contributed by atoms with Crippen molar-refractivity contribution in [1.82, 2.24) is 15.2 Å². The highest BCUT2D eigenvalue weighted by Crippen LogP contribution is 2.24. The summed E-state index contributed by atoms with van der Waals surface area (Å²) in [5.74, 6) is 0.460. The van der Waals surface area contributed by atoms with Gasteiger partial charge in [-0.25, -0.2) is 8.42 Å². The van der Waals surface area contributed by atoms with Crippen molar-refractivity contribution in [1.29, 1.82) is 0 Å². The van der Waals surface area contributed by atoms with Gasteiger partial charge in [-0.3, -0.25) is 9.69 Å². The Kier molecular flexibility index (Phi) is 6.10. The van der Waals surface area contributed by atoms with Crippen molar-refractivity contribution in [2.45, 2.75) is 4.90 Å². The molecular formula is C19H23N3O4S. The van der Waals surface area contributed by atoms with Gasteiger partial charge in [-0.2, -0.15) is 0 Å². The Balaban J connectivity index is 0.000000193. The summed E-state index contributed by atoms with van der Waals surface area (Å²) < 4.78 is 29.8. The summed E-state index contributed by atoms with van der Waals surface area (Å²) in [7, 11) is -1.84. The van der Waals surface area contributed by atoms with Crippen LogP contribution in [0, 0.1) is 0 Å². The number of hydrogen-bond acceptors (Lipinski definition) is 6. The van der Waals surface area contributed by atoms with Crippen LogP contribution in [0.2, 0.25) is 0 Å². The number of sulfone groups is 1. The smallest absolute Gasteiger partial charge is 0.255 e. The van der Waals surface area contributed by atoms with Gasteiger partial charge in [0.2, 0.25) is 0 Å². The fourth-order valence-corrected chi connectivity index (χ4v) is 4.56. The van der Waals surface area contributed by atoms with Crippen LogP contribution in [0.15, 0.2) is 58.2 Å². The zero-order chi connectivity index (χ0) is 19.3. The minimum absolute atomic E-state index is 0.00926. The maximum atomic E-state index is 12.3. The second-order valence-electron chi connectivity index (χ2n) is 6.29. The molecule has 144 valence electrons. The highest BCUT2D eigenvalue weighted by atomic mass is 32.2. The summed E-state index contributed by atoms with van der Waals surface area (Å²) in [6.07, 6.45) is 0. The monoisotopic (exact) mass is 389 g/mol. The van der Waals surface area contributed by atoms with Gasteiger partial charge in [-0.05, 0) is 36.4 Å². The number of hydrogen-bond donors (Lipinski definition) is 2. The van der Waals surface area contributed by atoms with Crippen LogP contribution in [0.1, 0.15) is 0 Å². The lowest BCUT2D eigenvalue weighted by molar-refractivity contribution is 0.274. The Hall–Kier alpha value is -2.42. The predicted octanol–water partition coefficient (Wildman–Crippen LogP) is 1.30. The maximum Gasteiger partial charge on any atom is 0.255 e. The molecule has 0 aliphatic carbocycles. The molecule has 5 rings (SSSR count). The van der Waals surface area contributed by atoms with E-state index in [-0.39, 0.29) is 16.3 Å². The van der Waals surface area contributed by atoms with E-state index >= 15 is 0 Å².